The molecule has 29 heavy (non-hydrogen) atoms. The first-order valence-corrected chi connectivity index (χ1v) is 10.7. The number of pyridine rings is 1. The fraction of sp³-hybridized carbons (Fsp3) is 0.565. The summed E-state index contributed by atoms with van der Waals surface area (Å²) in [5.74, 6) is 1.94. The molecule has 1 aromatic heterocycles. The molecule has 2 unspecified atom stereocenters. The first-order chi connectivity index (χ1) is 14.2. The van der Waals surface area contributed by atoms with Crippen LogP contribution >= 0.6 is 0 Å². The largest absolute Gasteiger partial charge is 0.489 e. The molecule has 6 heteroatoms. The highest BCUT2D eigenvalue weighted by atomic mass is 16.6. The molecule has 1 fully saturated rings. The predicted molar refractivity (Wildman–Crippen MR) is 114 cm³/mol. The molecular formula is C23H32N4O2. The summed E-state index contributed by atoms with van der Waals surface area (Å²) in [6.07, 6.45) is 12.7. The monoisotopic (exact) mass is 396 g/mol. The van der Waals surface area contributed by atoms with Crippen LogP contribution < -0.4 is 5.32 Å². The van der Waals surface area contributed by atoms with E-state index in [2.05, 4.69) is 46.6 Å². The number of likely N-dealkylation sites (N-methyl/N-ethyl adjacent to an activating group) is 1. The summed E-state index contributed by atoms with van der Waals surface area (Å²) in [6.45, 7) is 3.59. The summed E-state index contributed by atoms with van der Waals surface area (Å²) >= 11 is 0. The van der Waals surface area contributed by atoms with E-state index in [1.54, 1.807) is 6.20 Å². The second-order valence-corrected chi connectivity index (χ2v) is 8.50. The number of nitrogens with one attached hydrogen (secondary N) is 1. The molecule has 1 aliphatic carbocycles. The third kappa shape index (κ3) is 5.06. The van der Waals surface area contributed by atoms with E-state index in [1.165, 1.54) is 30.5 Å². The zero-order chi connectivity index (χ0) is 20.1. The van der Waals surface area contributed by atoms with Gasteiger partial charge in [-0.05, 0) is 70.9 Å². The predicted octanol–water partition coefficient (Wildman–Crippen LogP) is 3.13. The molecule has 0 amide bonds. The number of piperidine rings is 1. The Bertz CT molecular complexity index is 766. The number of aromatic nitrogens is 1. The van der Waals surface area contributed by atoms with Gasteiger partial charge in [0.1, 0.15) is 12.4 Å². The van der Waals surface area contributed by atoms with Crippen LogP contribution in [-0.2, 0) is 16.2 Å². The minimum atomic E-state index is -0.0469. The number of hydrogen-bond acceptors (Lipinski definition) is 6. The van der Waals surface area contributed by atoms with Crippen molar-refractivity contribution >= 4 is 5.71 Å². The molecule has 3 heterocycles. The van der Waals surface area contributed by atoms with Crippen molar-refractivity contribution in [3.05, 3.63) is 53.6 Å². The van der Waals surface area contributed by atoms with Gasteiger partial charge in [0.2, 0.25) is 0 Å². The molecule has 1 N–H and O–H groups in total. The Balaban J connectivity index is 1.41. The molecule has 0 radical (unpaired) electrons. The smallest absolute Gasteiger partial charge is 0.165 e. The standard InChI is InChI=1S/C23H32N4O2/c1-27(2)15-20-22(28-16-18-4-3-11-25-14-18)8-6-19-21(26-29-23(19)20)7-5-17-9-12-24-13-10-17/h3-4,6,8,11,14,17,19,23-24H,5,7,9-10,12-13,15-16H2,1-2H3. The van der Waals surface area contributed by atoms with Gasteiger partial charge in [0, 0.05) is 30.1 Å². The van der Waals surface area contributed by atoms with Crippen LogP contribution in [0.5, 0.6) is 0 Å². The summed E-state index contributed by atoms with van der Waals surface area (Å²) in [7, 11) is 4.15. The highest BCUT2D eigenvalue weighted by molar-refractivity contribution is 5.90. The molecule has 0 aromatic carbocycles. The Kier molecular flexibility index (Phi) is 6.62. The van der Waals surface area contributed by atoms with Crippen molar-refractivity contribution in [2.24, 2.45) is 17.0 Å². The van der Waals surface area contributed by atoms with Crippen molar-refractivity contribution in [1.29, 1.82) is 0 Å². The molecule has 6 nitrogen and oxygen atoms in total. The lowest BCUT2D eigenvalue weighted by atomic mass is 9.83. The summed E-state index contributed by atoms with van der Waals surface area (Å²) in [4.78, 5) is 12.3. The minimum Gasteiger partial charge on any atom is -0.489 e. The van der Waals surface area contributed by atoms with Gasteiger partial charge in [-0.15, -0.1) is 0 Å². The van der Waals surface area contributed by atoms with E-state index in [1.807, 2.05) is 18.3 Å². The van der Waals surface area contributed by atoms with Gasteiger partial charge in [-0.1, -0.05) is 17.3 Å². The average Bonchev–Trinajstić information content (AvgIpc) is 3.16. The molecule has 4 rings (SSSR count). The van der Waals surface area contributed by atoms with E-state index >= 15 is 0 Å². The quantitative estimate of drug-likeness (QED) is 0.732. The third-order valence-electron chi connectivity index (χ3n) is 5.98. The van der Waals surface area contributed by atoms with Crippen molar-refractivity contribution in [1.82, 2.24) is 15.2 Å². The van der Waals surface area contributed by atoms with Gasteiger partial charge >= 0.3 is 0 Å². The molecule has 0 saturated carbocycles. The maximum atomic E-state index is 6.17. The van der Waals surface area contributed by atoms with Crippen molar-refractivity contribution in [2.75, 3.05) is 33.7 Å². The Morgan fingerprint density at radius 2 is 2.14 bits per heavy atom. The van der Waals surface area contributed by atoms with Crippen LogP contribution in [0.15, 0.2) is 53.2 Å². The van der Waals surface area contributed by atoms with Crippen LogP contribution in [0.1, 0.15) is 31.2 Å². The van der Waals surface area contributed by atoms with Crippen LogP contribution in [0.4, 0.5) is 0 Å². The number of oxime groups is 1. The minimum absolute atomic E-state index is 0.0469. The lowest BCUT2D eigenvalue weighted by Crippen LogP contribution is -2.33. The van der Waals surface area contributed by atoms with Gasteiger partial charge in [-0.3, -0.25) is 4.98 Å². The Morgan fingerprint density at radius 1 is 1.28 bits per heavy atom. The molecule has 1 saturated heterocycles. The zero-order valence-electron chi connectivity index (χ0n) is 17.5. The highest BCUT2D eigenvalue weighted by Crippen LogP contribution is 2.35. The van der Waals surface area contributed by atoms with Gasteiger partial charge in [0.15, 0.2) is 6.10 Å². The molecule has 2 atom stereocenters. The second-order valence-electron chi connectivity index (χ2n) is 8.50. The number of ether oxygens (including phenoxy) is 1. The summed E-state index contributed by atoms with van der Waals surface area (Å²) in [6, 6.07) is 3.96. The molecule has 156 valence electrons. The van der Waals surface area contributed by atoms with E-state index in [-0.39, 0.29) is 12.0 Å². The molecule has 1 aromatic rings. The van der Waals surface area contributed by atoms with E-state index in [0.717, 1.165) is 43.3 Å². The van der Waals surface area contributed by atoms with E-state index in [9.17, 15) is 0 Å². The Morgan fingerprint density at radius 3 is 2.90 bits per heavy atom. The number of nitrogens with zero attached hydrogens (tertiary/aromatic N) is 3. The summed E-state index contributed by atoms with van der Waals surface area (Å²) in [5.41, 5.74) is 3.42. The molecule has 0 bridgehead atoms. The van der Waals surface area contributed by atoms with E-state index in [4.69, 9.17) is 9.57 Å². The highest BCUT2D eigenvalue weighted by Gasteiger charge is 2.39. The molecule has 0 spiro atoms. The fourth-order valence-electron chi connectivity index (χ4n) is 4.38. The molecular weight excluding hydrogens is 364 g/mol. The van der Waals surface area contributed by atoms with E-state index < -0.39 is 0 Å². The van der Waals surface area contributed by atoms with Crippen LogP contribution in [0.2, 0.25) is 0 Å². The SMILES string of the molecule is CN(C)CC1=C(OCc2cccnc2)C=CC2C(CCC3CCNCC3)=NOC12. The average molecular weight is 397 g/mol. The molecule has 2 aliphatic heterocycles. The summed E-state index contributed by atoms with van der Waals surface area (Å²) < 4.78 is 6.17. The lowest BCUT2D eigenvalue weighted by Gasteiger charge is -2.28. The van der Waals surface area contributed by atoms with Gasteiger partial charge in [0.05, 0.1) is 11.6 Å². The third-order valence-corrected chi connectivity index (χ3v) is 5.98. The molecule has 3 aliphatic rings. The van der Waals surface area contributed by atoms with Gasteiger partial charge < -0.3 is 19.8 Å². The van der Waals surface area contributed by atoms with Crippen LogP contribution in [0.3, 0.4) is 0 Å². The van der Waals surface area contributed by atoms with Crippen molar-refractivity contribution < 1.29 is 9.57 Å². The van der Waals surface area contributed by atoms with Crippen molar-refractivity contribution in [3.63, 3.8) is 0 Å². The fourth-order valence-corrected chi connectivity index (χ4v) is 4.38. The zero-order valence-corrected chi connectivity index (χ0v) is 17.5. The maximum Gasteiger partial charge on any atom is 0.165 e. The van der Waals surface area contributed by atoms with Crippen LogP contribution in [-0.4, -0.2) is 55.4 Å². The Labute approximate surface area is 173 Å². The maximum absolute atomic E-state index is 6.17. The van der Waals surface area contributed by atoms with Crippen LogP contribution in [0.25, 0.3) is 0 Å². The van der Waals surface area contributed by atoms with Gasteiger partial charge in [0.25, 0.3) is 0 Å². The topological polar surface area (TPSA) is 59.0 Å². The lowest BCUT2D eigenvalue weighted by molar-refractivity contribution is 0.0823. The normalized spacial score (nSPS) is 24.4. The van der Waals surface area contributed by atoms with Gasteiger partial charge in [-0.2, -0.15) is 0 Å². The van der Waals surface area contributed by atoms with Crippen LogP contribution in [0, 0.1) is 11.8 Å². The first-order valence-electron chi connectivity index (χ1n) is 10.7. The number of allylic oxidation sites excluding steroid dienone is 1. The summed E-state index contributed by atoms with van der Waals surface area (Å²) in [5, 5.41) is 7.95. The number of fused-ring (bicyclic) bond motifs is 1. The second kappa shape index (κ2) is 9.55. The van der Waals surface area contributed by atoms with E-state index in [0.29, 0.717) is 6.61 Å². The first kappa shape index (κ1) is 20.1. The van der Waals surface area contributed by atoms with Gasteiger partial charge in [-0.25, -0.2) is 0 Å². The van der Waals surface area contributed by atoms with Crippen molar-refractivity contribution in [3.8, 4) is 0 Å². The van der Waals surface area contributed by atoms with Crippen molar-refractivity contribution in [2.45, 2.75) is 38.4 Å². The number of rotatable bonds is 8. The number of hydrogen-bond donors (Lipinski definition) is 1. The Hall–Kier alpha value is -2.18.